The van der Waals surface area contributed by atoms with Crippen molar-refractivity contribution in [1.82, 2.24) is 15.5 Å². The van der Waals surface area contributed by atoms with Crippen LogP contribution in [0.4, 0.5) is 0 Å². The predicted molar refractivity (Wildman–Crippen MR) is 57.1 cm³/mol. The maximum absolute atomic E-state index is 11.2. The molecule has 1 saturated heterocycles. The van der Waals surface area contributed by atoms with E-state index in [9.17, 15) is 4.79 Å². The Kier molecular flexibility index (Phi) is 4.35. The van der Waals surface area contributed by atoms with E-state index in [1.807, 2.05) is 7.05 Å². The van der Waals surface area contributed by atoms with Crippen LogP contribution in [-0.2, 0) is 4.79 Å². The molecule has 0 aromatic rings. The molecule has 2 unspecified atom stereocenters. The first-order valence-corrected chi connectivity index (χ1v) is 5.26. The molecule has 1 fully saturated rings. The number of piperidine rings is 1. The lowest BCUT2D eigenvalue weighted by atomic mass is 9.94. The quantitative estimate of drug-likeness (QED) is 0.654. The van der Waals surface area contributed by atoms with Gasteiger partial charge in [0.05, 0.1) is 6.54 Å². The van der Waals surface area contributed by atoms with E-state index in [4.69, 9.17) is 0 Å². The maximum Gasteiger partial charge on any atom is 0.233 e. The molecule has 2 atom stereocenters. The minimum absolute atomic E-state index is 0.0956. The van der Waals surface area contributed by atoms with Gasteiger partial charge < -0.3 is 10.6 Å². The third-order valence-electron chi connectivity index (χ3n) is 2.98. The predicted octanol–water partition coefficient (Wildman–Crippen LogP) is -0.338. The number of hydrogen-bond acceptors (Lipinski definition) is 3. The van der Waals surface area contributed by atoms with Gasteiger partial charge >= 0.3 is 0 Å². The van der Waals surface area contributed by atoms with Gasteiger partial charge in [0.15, 0.2) is 0 Å². The van der Waals surface area contributed by atoms with Gasteiger partial charge in [0.2, 0.25) is 5.91 Å². The Balaban J connectivity index is 2.41. The molecular formula is C10H21N3O. The van der Waals surface area contributed by atoms with E-state index in [-0.39, 0.29) is 5.91 Å². The average molecular weight is 199 g/mol. The van der Waals surface area contributed by atoms with Crippen LogP contribution in [0.5, 0.6) is 0 Å². The number of nitrogens with zero attached hydrogens (tertiary/aromatic N) is 1. The van der Waals surface area contributed by atoms with Crippen LogP contribution in [0.2, 0.25) is 0 Å². The van der Waals surface area contributed by atoms with Gasteiger partial charge in [-0.3, -0.25) is 9.69 Å². The Morgan fingerprint density at radius 1 is 1.64 bits per heavy atom. The smallest absolute Gasteiger partial charge is 0.233 e. The van der Waals surface area contributed by atoms with E-state index in [0.29, 0.717) is 18.5 Å². The summed E-state index contributed by atoms with van der Waals surface area (Å²) in [5.41, 5.74) is 0. The molecule has 0 aromatic heterocycles. The highest BCUT2D eigenvalue weighted by Crippen LogP contribution is 2.15. The first-order valence-electron chi connectivity index (χ1n) is 5.26. The van der Waals surface area contributed by atoms with Gasteiger partial charge in [-0.05, 0) is 32.5 Å². The molecule has 1 heterocycles. The number of likely N-dealkylation sites (N-methyl/N-ethyl adjacent to an activating group) is 2. The Bertz CT molecular complexity index is 196. The molecule has 0 spiro atoms. The zero-order valence-corrected chi connectivity index (χ0v) is 9.34. The second-order valence-corrected chi connectivity index (χ2v) is 4.13. The van der Waals surface area contributed by atoms with Crippen molar-refractivity contribution in [2.75, 3.05) is 33.7 Å². The van der Waals surface area contributed by atoms with Crippen molar-refractivity contribution in [2.24, 2.45) is 5.92 Å². The highest BCUT2D eigenvalue weighted by atomic mass is 16.1. The lowest BCUT2D eigenvalue weighted by molar-refractivity contribution is -0.122. The second-order valence-electron chi connectivity index (χ2n) is 4.13. The zero-order valence-electron chi connectivity index (χ0n) is 9.34. The summed E-state index contributed by atoms with van der Waals surface area (Å²) in [6.45, 7) is 4.86. The van der Waals surface area contributed by atoms with Crippen molar-refractivity contribution in [3.05, 3.63) is 0 Å². The summed E-state index contributed by atoms with van der Waals surface area (Å²) in [7, 11) is 3.71. The molecule has 0 aromatic carbocycles. The SMILES string of the molecule is CNC(=O)CN(C)C1CCNCC1C. The Morgan fingerprint density at radius 3 is 2.93 bits per heavy atom. The monoisotopic (exact) mass is 199 g/mol. The lowest BCUT2D eigenvalue weighted by Gasteiger charge is -2.36. The number of hydrogen-bond donors (Lipinski definition) is 2. The first-order chi connectivity index (χ1) is 6.65. The number of rotatable bonds is 3. The van der Waals surface area contributed by atoms with Crippen molar-refractivity contribution < 1.29 is 4.79 Å². The van der Waals surface area contributed by atoms with Gasteiger partial charge in [0.1, 0.15) is 0 Å². The van der Waals surface area contributed by atoms with Gasteiger partial charge in [-0.1, -0.05) is 6.92 Å². The third kappa shape index (κ3) is 2.96. The van der Waals surface area contributed by atoms with Gasteiger partial charge in [-0.25, -0.2) is 0 Å². The van der Waals surface area contributed by atoms with Crippen LogP contribution in [0, 0.1) is 5.92 Å². The molecule has 82 valence electrons. The summed E-state index contributed by atoms with van der Waals surface area (Å²) < 4.78 is 0. The molecule has 1 amide bonds. The Morgan fingerprint density at radius 2 is 2.36 bits per heavy atom. The molecule has 4 nitrogen and oxygen atoms in total. The number of nitrogens with one attached hydrogen (secondary N) is 2. The van der Waals surface area contributed by atoms with E-state index in [1.54, 1.807) is 7.05 Å². The fourth-order valence-electron chi connectivity index (χ4n) is 2.08. The van der Waals surface area contributed by atoms with E-state index < -0.39 is 0 Å². The number of carbonyl (C=O) groups is 1. The fraction of sp³-hybridized carbons (Fsp3) is 0.900. The largest absolute Gasteiger partial charge is 0.358 e. The van der Waals surface area contributed by atoms with Crippen LogP contribution in [0.1, 0.15) is 13.3 Å². The summed E-state index contributed by atoms with van der Waals surface area (Å²) in [5.74, 6) is 0.719. The van der Waals surface area contributed by atoms with Crippen LogP contribution >= 0.6 is 0 Å². The molecule has 0 bridgehead atoms. The Labute approximate surface area is 86.0 Å². The highest BCUT2D eigenvalue weighted by molar-refractivity contribution is 5.77. The standard InChI is InChI=1S/C10H21N3O/c1-8-6-12-5-4-9(8)13(3)7-10(14)11-2/h8-9,12H,4-7H2,1-3H3,(H,11,14). The molecule has 1 aliphatic heterocycles. The minimum Gasteiger partial charge on any atom is -0.358 e. The summed E-state index contributed by atoms with van der Waals surface area (Å²) in [4.78, 5) is 13.4. The fourth-order valence-corrected chi connectivity index (χ4v) is 2.08. The molecule has 1 aliphatic rings. The van der Waals surface area contributed by atoms with Crippen LogP contribution in [0.25, 0.3) is 0 Å². The summed E-state index contributed by atoms with van der Waals surface area (Å²) >= 11 is 0. The summed E-state index contributed by atoms with van der Waals surface area (Å²) in [6, 6.07) is 0.536. The molecular weight excluding hydrogens is 178 g/mol. The van der Waals surface area contributed by atoms with Gasteiger partial charge in [-0.15, -0.1) is 0 Å². The second kappa shape index (κ2) is 5.32. The average Bonchev–Trinajstić information content (AvgIpc) is 2.18. The van der Waals surface area contributed by atoms with Crippen molar-refractivity contribution in [3.8, 4) is 0 Å². The van der Waals surface area contributed by atoms with Gasteiger partial charge in [0, 0.05) is 13.1 Å². The number of carbonyl (C=O) groups excluding carboxylic acids is 1. The van der Waals surface area contributed by atoms with Crippen molar-refractivity contribution >= 4 is 5.91 Å². The molecule has 14 heavy (non-hydrogen) atoms. The zero-order chi connectivity index (χ0) is 10.6. The van der Waals surface area contributed by atoms with E-state index in [1.165, 1.54) is 0 Å². The highest BCUT2D eigenvalue weighted by Gasteiger charge is 2.25. The van der Waals surface area contributed by atoms with Gasteiger partial charge in [-0.2, -0.15) is 0 Å². The lowest BCUT2D eigenvalue weighted by Crippen LogP contribution is -2.49. The Hall–Kier alpha value is -0.610. The van der Waals surface area contributed by atoms with E-state index in [0.717, 1.165) is 19.5 Å². The van der Waals surface area contributed by atoms with Crippen molar-refractivity contribution in [1.29, 1.82) is 0 Å². The van der Waals surface area contributed by atoms with Crippen LogP contribution in [0.15, 0.2) is 0 Å². The molecule has 1 rings (SSSR count). The summed E-state index contributed by atoms with van der Waals surface area (Å²) in [6.07, 6.45) is 1.13. The number of amides is 1. The van der Waals surface area contributed by atoms with Crippen LogP contribution < -0.4 is 10.6 Å². The van der Waals surface area contributed by atoms with Crippen molar-refractivity contribution in [3.63, 3.8) is 0 Å². The van der Waals surface area contributed by atoms with Crippen molar-refractivity contribution in [2.45, 2.75) is 19.4 Å². The topological polar surface area (TPSA) is 44.4 Å². The van der Waals surface area contributed by atoms with E-state index in [2.05, 4.69) is 22.5 Å². The molecule has 4 heteroatoms. The minimum atomic E-state index is 0.0956. The molecule has 0 saturated carbocycles. The van der Waals surface area contributed by atoms with Crippen LogP contribution in [-0.4, -0.2) is 50.6 Å². The third-order valence-corrected chi connectivity index (χ3v) is 2.98. The van der Waals surface area contributed by atoms with E-state index >= 15 is 0 Å². The summed E-state index contributed by atoms with van der Waals surface area (Å²) in [5, 5.41) is 6.01. The first kappa shape index (κ1) is 11.5. The molecule has 0 radical (unpaired) electrons. The normalized spacial score (nSPS) is 27.7. The van der Waals surface area contributed by atoms with Crippen LogP contribution in [0.3, 0.4) is 0 Å². The maximum atomic E-state index is 11.2. The van der Waals surface area contributed by atoms with Gasteiger partial charge in [0.25, 0.3) is 0 Å². The molecule has 0 aliphatic carbocycles. The molecule has 2 N–H and O–H groups in total.